The highest BCUT2D eigenvalue weighted by Crippen LogP contribution is 2.32. The lowest BCUT2D eigenvalue weighted by molar-refractivity contribution is 0.193. The molecule has 0 radical (unpaired) electrons. The number of nitrogens with one attached hydrogen (secondary N) is 1. The van der Waals surface area contributed by atoms with Gasteiger partial charge in [0.1, 0.15) is 11.6 Å². The van der Waals surface area contributed by atoms with Crippen molar-refractivity contribution in [2.75, 3.05) is 33.8 Å². The average molecular weight is 238 g/mol. The van der Waals surface area contributed by atoms with Crippen molar-refractivity contribution in [3.05, 3.63) is 29.1 Å². The topological polar surface area (TPSA) is 24.5 Å². The van der Waals surface area contributed by atoms with Crippen LogP contribution in [0, 0.1) is 12.7 Å². The number of methoxy groups -OCH3 is 1. The zero-order valence-corrected chi connectivity index (χ0v) is 10.6. The van der Waals surface area contributed by atoms with Gasteiger partial charge in [-0.2, -0.15) is 0 Å². The summed E-state index contributed by atoms with van der Waals surface area (Å²) >= 11 is 0. The number of halogens is 1. The summed E-state index contributed by atoms with van der Waals surface area (Å²) in [5.41, 5.74) is 1.54. The summed E-state index contributed by atoms with van der Waals surface area (Å²) in [5, 5.41) is 3.29. The molecule has 0 spiro atoms. The van der Waals surface area contributed by atoms with E-state index in [1.165, 1.54) is 0 Å². The highest BCUT2D eigenvalue weighted by atomic mass is 19.1. The Kier molecular flexibility index (Phi) is 3.64. The molecule has 0 aliphatic carbocycles. The first-order valence-electron chi connectivity index (χ1n) is 5.88. The van der Waals surface area contributed by atoms with Gasteiger partial charge in [0.25, 0.3) is 0 Å². The molecule has 17 heavy (non-hydrogen) atoms. The van der Waals surface area contributed by atoms with Crippen molar-refractivity contribution in [2.45, 2.75) is 13.0 Å². The van der Waals surface area contributed by atoms with Crippen molar-refractivity contribution in [3.63, 3.8) is 0 Å². The maximum Gasteiger partial charge on any atom is 0.132 e. The van der Waals surface area contributed by atoms with E-state index < -0.39 is 0 Å². The number of hydrogen-bond acceptors (Lipinski definition) is 3. The molecular formula is C13H19FN2O. The number of likely N-dealkylation sites (N-methyl/N-ethyl adjacent to an activating group) is 1. The minimum atomic E-state index is -0.178. The quantitative estimate of drug-likeness (QED) is 0.849. The molecule has 1 aromatic carbocycles. The van der Waals surface area contributed by atoms with E-state index in [1.54, 1.807) is 13.2 Å². The van der Waals surface area contributed by atoms with Crippen molar-refractivity contribution >= 4 is 0 Å². The fraction of sp³-hybridized carbons (Fsp3) is 0.538. The fourth-order valence-corrected chi connectivity index (χ4v) is 2.34. The molecule has 0 amide bonds. The summed E-state index contributed by atoms with van der Waals surface area (Å²) in [5.74, 6) is 0.463. The fourth-order valence-electron chi connectivity index (χ4n) is 2.34. The van der Waals surface area contributed by atoms with Crippen molar-refractivity contribution < 1.29 is 9.13 Å². The summed E-state index contributed by atoms with van der Waals surface area (Å²) < 4.78 is 19.4. The second-order valence-electron chi connectivity index (χ2n) is 4.56. The van der Waals surface area contributed by atoms with Gasteiger partial charge in [0.05, 0.1) is 13.2 Å². The highest BCUT2D eigenvalue weighted by molar-refractivity contribution is 5.41. The number of piperazine rings is 1. The second kappa shape index (κ2) is 5.02. The van der Waals surface area contributed by atoms with E-state index in [1.807, 2.05) is 20.0 Å². The van der Waals surface area contributed by atoms with E-state index in [9.17, 15) is 4.39 Å². The molecule has 1 unspecified atom stereocenters. The van der Waals surface area contributed by atoms with E-state index in [2.05, 4.69) is 10.2 Å². The maximum atomic E-state index is 14.1. The van der Waals surface area contributed by atoms with Gasteiger partial charge in [0.2, 0.25) is 0 Å². The molecule has 0 saturated carbocycles. The predicted molar refractivity (Wildman–Crippen MR) is 65.9 cm³/mol. The Bertz CT molecular complexity index is 409. The zero-order chi connectivity index (χ0) is 12.4. The molecule has 1 saturated heterocycles. The zero-order valence-electron chi connectivity index (χ0n) is 10.6. The van der Waals surface area contributed by atoms with Gasteiger partial charge in [-0.15, -0.1) is 0 Å². The van der Waals surface area contributed by atoms with Gasteiger partial charge in [-0.25, -0.2) is 4.39 Å². The van der Waals surface area contributed by atoms with Crippen LogP contribution in [0.3, 0.4) is 0 Å². The maximum absolute atomic E-state index is 14.1. The number of ether oxygens (including phenoxy) is 1. The monoisotopic (exact) mass is 238 g/mol. The van der Waals surface area contributed by atoms with E-state index in [0.29, 0.717) is 11.3 Å². The standard InChI is InChI=1S/C13H19FN2O/c1-9-6-10(14)13(12(7-9)17-3)11-8-15-4-5-16(11)2/h6-7,11,15H,4-5,8H2,1-3H3. The van der Waals surface area contributed by atoms with Gasteiger partial charge < -0.3 is 10.1 Å². The van der Waals surface area contributed by atoms with Gasteiger partial charge in [-0.3, -0.25) is 4.90 Å². The molecule has 1 heterocycles. The Morgan fingerprint density at radius 3 is 2.88 bits per heavy atom. The lowest BCUT2D eigenvalue weighted by atomic mass is 10.00. The molecule has 3 nitrogen and oxygen atoms in total. The van der Waals surface area contributed by atoms with Crippen LogP contribution in [0.5, 0.6) is 5.75 Å². The van der Waals surface area contributed by atoms with Crippen LogP contribution in [0.4, 0.5) is 4.39 Å². The minimum Gasteiger partial charge on any atom is -0.496 e. The van der Waals surface area contributed by atoms with Crippen molar-refractivity contribution in [2.24, 2.45) is 0 Å². The number of benzene rings is 1. The largest absolute Gasteiger partial charge is 0.496 e. The van der Waals surface area contributed by atoms with Crippen LogP contribution in [0.15, 0.2) is 12.1 Å². The summed E-state index contributed by atoms with van der Waals surface area (Å²) in [6.45, 7) is 4.50. The molecule has 1 aliphatic heterocycles. The molecule has 0 bridgehead atoms. The summed E-state index contributed by atoms with van der Waals surface area (Å²) in [6.07, 6.45) is 0. The Labute approximate surface area is 102 Å². The highest BCUT2D eigenvalue weighted by Gasteiger charge is 2.26. The van der Waals surface area contributed by atoms with Crippen LogP contribution < -0.4 is 10.1 Å². The summed E-state index contributed by atoms with van der Waals surface area (Å²) in [4.78, 5) is 2.16. The van der Waals surface area contributed by atoms with Crippen LogP contribution in [-0.2, 0) is 0 Å². The SMILES string of the molecule is COc1cc(C)cc(F)c1C1CNCCN1C. The Morgan fingerprint density at radius 2 is 2.24 bits per heavy atom. The van der Waals surface area contributed by atoms with E-state index >= 15 is 0 Å². The van der Waals surface area contributed by atoms with E-state index in [4.69, 9.17) is 4.74 Å². The van der Waals surface area contributed by atoms with E-state index in [-0.39, 0.29) is 11.9 Å². The molecular weight excluding hydrogens is 219 g/mol. The molecule has 1 aliphatic rings. The van der Waals surface area contributed by atoms with Crippen molar-refractivity contribution in [1.29, 1.82) is 0 Å². The van der Waals surface area contributed by atoms with Crippen molar-refractivity contribution in [1.82, 2.24) is 10.2 Å². The Hall–Kier alpha value is -1.13. The summed E-state index contributed by atoms with van der Waals surface area (Å²) in [6, 6.07) is 3.50. The molecule has 1 aromatic rings. The average Bonchev–Trinajstić information content (AvgIpc) is 2.29. The minimum absolute atomic E-state index is 0.0410. The molecule has 1 fully saturated rings. The molecule has 0 aromatic heterocycles. The lowest BCUT2D eigenvalue weighted by Crippen LogP contribution is -2.44. The molecule has 94 valence electrons. The number of nitrogens with zero attached hydrogens (tertiary/aromatic N) is 1. The first-order chi connectivity index (χ1) is 8.13. The molecule has 1 atom stereocenters. The number of rotatable bonds is 2. The van der Waals surface area contributed by atoms with Gasteiger partial charge in [-0.05, 0) is 31.7 Å². The first kappa shape index (κ1) is 12.3. The van der Waals surface area contributed by atoms with Gasteiger partial charge >= 0.3 is 0 Å². The normalized spacial score (nSPS) is 21.5. The van der Waals surface area contributed by atoms with Gasteiger partial charge in [0, 0.05) is 25.2 Å². The van der Waals surface area contributed by atoms with Crippen LogP contribution in [0.25, 0.3) is 0 Å². The van der Waals surface area contributed by atoms with Crippen LogP contribution in [0.2, 0.25) is 0 Å². The second-order valence-corrected chi connectivity index (χ2v) is 4.56. The predicted octanol–water partition coefficient (Wildman–Crippen LogP) is 1.72. The third-order valence-electron chi connectivity index (χ3n) is 3.30. The number of hydrogen-bond donors (Lipinski definition) is 1. The van der Waals surface area contributed by atoms with Crippen LogP contribution in [0.1, 0.15) is 17.2 Å². The summed E-state index contributed by atoms with van der Waals surface area (Å²) in [7, 11) is 3.61. The van der Waals surface area contributed by atoms with Crippen molar-refractivity contribution in [3.8, 4) is 5.75 Å². The molecule has 2 rings (SSSR count). The first-order valence-corrected chi connectivity index (χ1v) is 5.88. The third-order valence-corrected chi connectivity index (χ3v) is 3.30. The van der Waals surface area contributed by atoms with Gasteiger partial charge in [0.15, 0.2) is 0 Å². The lowest BCUT2D eigenvalue weighted by Gasteiger charge is -2.34. The Morgan fingerprint density at radius 1 is 1.47 bits per heavy atom. The smallest absolute Gasteiger partial charge is 0.132 e. The van der Waals surface area contributed by atoms with Gasteiger partial charge in [-0.1, -0.05) is 0 Å². The third kappa shape index (κ3) is 2.42. The van der Waals surface area contributed by atoms with Crippen LogP contribution in [-0.4, -0.2) is 38.7 Å². The molecule has 4 heteroatoms. The number of aryl methyl sites for hydroxylation is 1. The Balaban J connectivity index is 2.42. The van der Waals surface area contributed by atoms with Crippen LogP contribution >= 0.6 is 0 Å². The van der Waals surface area contributed by atoms with E-state index in [0.717, 1.165) is 25.2 Å². The molecule has 1 N–H and O–H groups in total.